The van der Waals surface area contributed by atoms with E-state index in [1.165, 1.54) is 43.4 Å². The van der Waals surface area contributed by atoms with Crippen LogP contribution < -0.4 is 15.5 Å². The Balaban J connectivity index is 1.35. The standard InChI is InChI=1S/C18H25N3O/c1-21-10-7-13-3-6-15(11-16(13)21)20-17(22)19-12-18(8-2-9-18)14-4-5-14/h3,6,11,14H,2,4-5,7-10,12H2,1H3,(H2,19,20,22). The molecule has 1 aromatic carbocycles. The lowest BCUT2D eigenvalue weighted by Gasteiger charge is -2.42. The largest absolute Gasteiger partial charge is 0.374 e. The van der Waals surface area contributed by atoms with E-state index in [-0.39, 0.29) is 6.03 Å². The number of urea groups is 1. The average molecular weight is 299 g/mol. The van der Waals surface area contributed by atoms with E-state index in [0.29, 0.717) is 5.41 Å². The lowest BCUT2D eigenvalue weighted by atomic mass is 9.65. The molecule has 0 bridgehead atoms. The van der Waals surface area contributed by atoms with Gasteiger partial charge in [0.25, 0.3) is 0 Å². The second kappa shape index (κ2) is 5.18. The summed E-state index contributed by atoms with van der Waals surface area (Å²) in [4.78, 5) is 14.4. The van der Waals surface area contributed by atoms with Crippen molar-refractivity contribution in [1.29, 1.82) is 0 Å². The summed E-state index contributed by atoms with van der Waals surface area (Å²) in [5.41, 5.74) is 3.93. The van der Waals surface area contributed by atoms with E-state index in [9.17, 15) is 4.79 Å². The first-order valence-electron chi connectivity index (χ1n) is 8.55. The zero-order valence-electron chi connectivity index (χ0n) is 13.3. The summed E-state index contributed by atoms with van der Waals surface area (Å²) in [5.74, 6) is 0.871. The molecular weight excluding hydrogens is 274 g/mol. The first-order chi connectivity index (χ1) is 10.7. The van der Waals surface area contributed by atoms with Crippen LogP contribution in [0.4, 0.5) is 16.2 Å². The second-order valence-corrected chi connectivity index (χ2v) is 7.31. The molecule has 1 aromatic rings. The molecule has 0 spiro atoms. The third kappa shape index (κ3) is 2.44. The zero-order valence-corrected chi connectivity index (χ0v) is 13.3. The van der Waals surface area contributed by atoms with Crippen molar-refractivity contribution in [2.45, 2.75) is 38.5 Å². The van der Waals surface area contributed by atoms with Gasteiger partial charge in [0.1, 0.15) is 0 Å². The molecule has 1 heterocycles. The highest BCUT2D eigenvalue weighted by atomic mass is 16.2. The smallest absolute Gasteiger partial charge is 0.319 e. The Morgan fingerprint density at radius 3 is 2.86 bits per heavy atom. The Morgan fingerprint density at radius 1 is 1.36 bits per heavy atom. The van der Waals surface area contributed by atoms with Crippen LogP contribution in [-0.2, 0) is 6.42 Å². The van der Waals surface area contributed by atoms with Crippen molar-refractivity contribution in [2.24, 2.45) is 11.3 Å². The van der Waals surface area contributed by atoms with Gasteiger partial charge in [0.2, 0.25) is 0 Å². The molecule has 2 amide bonds. The minimum atomic E-state index is -0.0625. The van der Waals surface area contributed by atoms with Gasteiger partial charge in [-0.15, -0.1) is 0 Å². The predicted molar refractivity (Wildman–Crippen MR) is 89.4 cm³/mol. The van der Waals surface area contributed by atoms with Crippen molar-refractivity contribution in [3.8, 4) is 0 Å². The number of likely N-dealkylation sites (N-methyl/N-ethyl adjacent to an activating group) is 1. The van der Waals surface area contributed by atoms with E-state index in [1.807, 2.05) is 6.07 Å². The highest BCUT2D eigenvalue weighted by Crippen LogP contribution is 2.56. The van der Waals surface area contributed by atoms with Gasteiger partial charge in [-0.05, 0) is 61.1 Å². The number of hydrogen-bond donors (Lipinski definition) is 2. The number of nitrogens with one attached hydrogen (secondary N) is 2. The molecule has 2 saturated carbocycles. The van der Waals surface area contributed by atoms with Crippen LogP contribution in [0.2, 0.25) is 0 Å². The number of benzene rings is 1. The lowest BCUT2D eigenvalue weighted by molar-refractivity contribution is 0.103. The third-order valence-corrected chi connectivity index (χ3v) is 5.86. The van der Waals surface area contributed by atoms with Gasteiger partial charge in [-0.2, -0.15) is 0 Å². The van der Waals surface area contributed by atoms with Crippen molar-refractivity contribution in [1.82, 2.24) is 5.32 Å². The van der Waals surface area contributed by atoms with E-state index in [0.717, 1.165) is 31.1 Å². The van der Waals surface area contributed by atoms with Crippen LogP contribution in [0.25, 0.3) is 0 Å². The SMILES string of the molecule is CN1CCc2ccc(NC(=O)NCC3(C4CC4)CCC3)cc21. The van der Waals surface area contributed by atoms with E-state index in [4.69, 9.17) is 0 Å². The van der Waals surface area contributed by atoms with Crippen molar-refractivity contribution < 1.29 is 4.79 Å². The molecule has 2 fully saturated rings. The predicted octanol–water partition coefficient (Wildman–Crippen LogP) is 3.38. The van der Waals surface area contributed by atoms with Crippen molar-refractivity contribution in [3.63, 3.8) is 0 Å². The molecule has 1 aliphatic heterocycles. The van der Waals surface area contributed by atoms with Gasteiger partial charge >= 0.3 is 6.03 Å². The molecule has 0 unspecified atom stereocenters. The van der Waals surface area contributed by atoms with Crippen LogP contribution >= 0.6 is 0 Å². The molecule has 4 rings (SSSR count). The molecule has 22 heavy (non-hydrogen) atoms. The van der Waals surface area contributed by atoms with Crippen LogP contribution in [0, 0.1) is 11.3 Å². The van der Waals surface area contributed by atoms with Gasteiger partial charge in [0.15, 0.2) is 0 Å². The van der Waals surface area contributed by atoms with Gasteiger partial charge in [-0.3, -0.25) is 0 Å². The molecular formula is C18H25N3O. The van der Waals surface area contributed by atoms with Gasteiger partial charge in [0.05, 0.1) is 0 Å². The number of nitrogens with zero attached hydrogens (tertiary/aromatic N) is 1. The first-order valence-corrected chi connectivity index (χ1v) is 8.55. The summed E-state index contributed by atoms with van der Waals surface area (Å²) >= 11 is 0. The fourth-order valence-electron chi connectivity index (χ4n) is 4.10. The van der Waals surface area contributed by atoms with E-state index >= 15 is 0 Å². The summed E-state index contributed by atoms with van der Waals surface area (Å²) in [5, 5.41) is 6.11. The Bertz CT molecular complexity index is 590. The number of hydrogen-bond acceptors (Lipinski definition) is 2. The minimum Gasteiger partial charge on any atom is -0.374 e. The normalized spacial score (nSPS) is 22.0. The highest BCUT2D eigenvalue weighted by molar-refractivity contribution is 5.90. The fraction of sp³-hybridized carbons (Fsp3) is 0.611. The number of amides is 2. The molecule has 4 nitrogen and oxygen atoms in total. The summed E-state index contributed by atoms with van der Waals surface area (Å²) in [6.07, 6.45) is 7.74. The number of anilines is 2. The van der Waals surface area contributed by atoms with Crippen LogP contribution in [0.5, 0.6) is 0 Å². The molecule has 0 radical (unpaired) electrons. The Morgan fingerprint density at radius 2 is 2.18 bits per heavy atom. The number of fused-ring (bicyclic) bond motifs is 1. The van der Waals surface area contributed by atoms with Crippen LogP contribution in [0.15, 0.2) is 18.2 Å². The van der Waals surface area contributed by atoms with Crippen LogP contribution in [-0.4, -0.2) is 26.2 Å². The molecule has 3 aliphatic rings. The number of rotatable bonds is 4. The maximum Gasteiger partial charge on any atom is 0.319 e. The van der Waals surface area contributed by atoms with Gasteiger partial charge in [-0.25, -0.2) is 4.79 Å². The topological polar surface area (TPSA) is 44.4 Å². The van der Waals surface area contributed by atoms with Gasteiger partial charge in [-0.1, -0.05) is 12.5 Å². The van der Waals surface area contributed by atoms with E-state index in [1.54, 1.807) is 0 Å². The molecule has 118 valence electrons. The van der Waals surface area contributed by atoms with Crippen molar-refractivity contribution >= 4 is 17.4 Å². The molecule has 0 saturated heterocycles. The summed E-state index contributed by atoms with van der Waals surface area (Å²) in [7, 11) is 2.10. The van der Waals surface area contributed by atoms with Gasteiger partial charge < -0.3 is 15.5 Å². The van der Waals surface area contributed by atoms with Crippen LogP contribution in [0.1, 0.15) is 37.7 Å². The maximum absolute atomic E-state index is 12.2. The fourth-order valence-corrected chi connectivity index (χ4v) is 4.10. The maximum atomic E-state index is 12.2. The Kier molecular flexibility index (Phi) is 3.28. The van der Waals surface area contributed by atoms with Crippen molar-refractivity contribution in [3.05, 3.63) is 23.8 Å². The molecule has 0 atom stereocenters. The second-order valence-electron chi connectivity index (χ2n) is 7.31. The average Bonchev–Trinajstić information content (AvgIpc) is 3.24. The quantitative estimate of drug-likeness (QED) is 0.895. The molecule has 0 aromatic heterocycles. The number of carbonyl (C=O) groups is 1. The van der Waals surface area contributed by atoms with Crippen LogP contribution in [0.3, 0.4) is 0 Å². The van der Waals surface area contributed by atoms with Gasteiger partial charge in [0, 0.05) is 31.5 Å². The first kappa shape index (κ1) is 13.9. The highest BCUT2D eigenvalue weighted by Gasteiger charge is 2.48. The number of carbonyl (C=O) groups excluding carboxylic acids is 1. The Hall–Kier alpha value is -1.71. The monoisotopic (exact) mass is 299 g/mol. The molecule has 4 heteroatoms. The lowest BCUT2D eigenvalue weighted by Crippen LogP contribution is -2.44. The Labute approximate surface area is 132 Å². The molecule has 2 N–H and O–H groups in total. The zero-order chi connectivity index (χ0) is 15.2. The minimum absolute atomic E-state index is 0.0625. The molecule has 2 aliphatic carbocycles. The summed E-state index contributed by atoms with van der Waals surface area (Å²) < 4.78 is 0. The van der Waals surface area contributed by atoms with Crippen molar-refractivity contribution in [2.75, 3.05) is 30.4 Å². The third-order valence-electron chi connectivity index (χ3n) is 5.86. The van der Waals surface area contributed by atoms with E-state index < -0.39 is 0 Å². The summed E-state index contributed by atoms with van der Waals surface area (Å²) in [6.45, 7) is 1.91. The summed E-state index contributed by atoms with van der Waals surface area (Å²) in [6, 6.07) is 6.17. The van der Waals surface area contributed by atoms with E-state index in [2.05, 4.69) is 34.7 Å².